The average Bonchev–Trinajstić information content (AvgIpc) is 3.66. The summed E-state index contributed by atoms with van der Waals surface area (Å²) in [4.78, 5) is 17.9. The van der Waals surface area contributed by atoms with Gasteiger partial charge in [0.1, 0.15) is 17.4 Å². The van der Waals surface area contributed by atoms with Gasteiger partial charge < -0.3 is 19.7 Å². The SMILES string of the molecule is CC(C)(C)Sc1c(CC(C)(C)C(=O)O)n(Cc2ccc(-c3nccs3)cc2)c2ccc(OCC3CCCN3)cc12. The van der Waals surface area contributed by atoms with E-state index in [4.69, 9.17) is 4.74 Å². The molecule has 1 aliphatic rings. The second-order valence-electron chi connectivity index (χ2n) is 12.3. The summed E-state index contributed by atoms with van der Waals surface area (Å²) in [6.07, 6.45) is 4.58. The van der Waals surface area contributed by atoms with Gasteiger partial charge in [-0.15, -0.1) is 23.1 Å². The predicted molar refractivity (Wildman–Crippen MR) is 166 cm³/mol. The lowest BCUT2D eigenvalue weighted by Crippen LogP contribution is -2.28. The van der Waals surface area contributed by atoms with Crippen LogP contribution < -0.4 is 10.1 Å². The van der Waals surface area contributed by atoms with Crippen molar-refractivity contribution >= 4 is 40.0 Å². The van der Waals surface area contributed by atoms with Crippen LogP contribution in [0.5, 0.6) is 5.75 Å². The molecule has 1 aliphatic heterocycles. The van der Waals surface area contributed by atoms with E-state index < -0.39 is 11.4 Å². The van der Waals surface area contributed by atoms with Crippen LogP contribution in [0, 0.1) is 5.41 Å². The molecule has 2 aromatic carbocycles. The minimum absolute atomic E-state index is 0.0544. The molecular formula is C32H39N3O3S2. The lowest BCUT2D eigenvalue weighted by atomic mass is 9.88. The fraction of sp³-hybridized carbons (Fsp3) is 0.438. The van der Waals surface area contributed by atoms with Crippen LogP contribution in [-0.2, 0) is 17.8 Å². The van der Waals surface area contributed by atoms with Crippen molar-refractivity contribution in [1.82, 2.24) is 14.9 Å². The van der Waals surface area contributed by atoms with Crippen LogP contribution in [-0.4, -0.2) is 44.6 Å². The first-order valence-electron chi connectivity index (χ1n) is 13.9. The Kier molecular flexibility index (Phi) is 8.32. The monoisotopic (exact) mass is 577 g/mol. The lowest BCUT2D eigenvalue weighted by Gasteiger charge is -2.24. The van der Waals surface area contributed by atoms with Crippen molar-refractivity contribution in [3.05, 3.63) is 65.3 Å². The zero-order valence-corrected chi connectivity index (χ0v) is 25.6. The molecule has 6 nitrogen and oxygen atoms in total. The summed E-state index contributed by atoms with van der Waals surface area (Å²) in [6, 6.07) is 15.3. The number of carboxylic acid groups (broad SMARTS) is 1. The molecule has 0 saturated carbocycles. The summed E-state index contributed by atoms with van der Waals surface area (Å²) in [5, 5.41) is 17.7. The molecule has 5 rings (SSSR count). The fourth-order valence-corrected chi connectivity index (χ4v) is 6.94. The molecule has 1 saturated heterocycles. The zero-order chi connectivity index (χ0) is 28.5. The van der Waals surface area contributed by atoms with E-state index in [2.05, 4.69) is 78.1 Å². The number of carbonyl (C=O) groups is 1. The van der Waals surface area contributed by atoms with Crippen LogP contribution in [0.2, 0.25) is 0 Å². The van der Waals surface area contributed by atoms with Crippen LogP contribution in [0.1, 0.15) is 58.7 Å². The molecule has 212 valence electrons. The quantitative estimate of drug-likeness (QED) is 0.190. The van der Waals surface area contributed by atoms with Crippen molar-refractivity contribution in [2.24, 2.45) is 5.41 Å². The van der Waals surface area contributed by atoms with Crippen LogP contribution in [0.3, 0.4) is 0 Å². The first kappa shape index (κ1) is 28.7. The van der Waals surface area contributed by atoms with Crippen molar-refractivity contribution in [2.45, 2.75) is 76.1 Å². The van der Waals surface area contributed by atoms with Gasteiger partial charge in [0, 0.05) is 62.4 Å². The third-order valence-electron chi connectivity index (χ3n) is 7.28. The number of benzene rings is 2. The van der Waals surface area contributed by atoms with E-state index in [0.717, 1.165) is 56.3 Å². The molecule has 0 radical (unpaired) electrons. The van der Waals surface area contributed by atoms with Gasteiger partial charge in [0.05, 0.1) is 5.41 Å². The number of hydrogen-bond acceptors (Lipinski definition) is 6. The lowest BCUT2D eigenvalue weighted by molar-refractivity contribution is -0.146. The molecule has 0 amide bonds. The molecule has 3 heterocycles. The summed E-state index contributed by atoms with van der Waals surface area (Å²) < 4.78 is 8.52. The molecule has 40 heavy (non-hydrogen) atoms. The Balaban J connectivity index is 1.58. The maximum absolute atomic E-state index is 12.3. The van der Waals surface area contributed by atoms with Crippen molar-refractivity contribution in [3.8, 4) is 16.3 Å². The van der Waals surface area contributed by atoms with E-state index in [9.17, 15) is 9.90 Å². The van der Waals surface area contributed by atoms with E-state index in [1.807, 2.05) is 25.4 Å². The fourth-order valence-electron chi connectivity index (χ4n) is 5.11. The van der Waals surface area contributed by atoms with E-state index in [0.29, 0.717) is 25.6 Å². The highest BCUT2D eigenvalue weighted by Crippen LogP contribution is 2.44. The predicted octanol–water partition coefficient (Wildman–Crippen LogP) is 7.49. The van der Waals surface area contributed by atoms with E-state index in [1.165, 1.54) is 6.42 Å². The van der Waals surface area contributed by atoms with Gasteiger partial charge >= 0.3 is 5.97 Å². The Hall–Kier alpha value is -2.81. The standard InChI is InChI=1S/C32H39N3O3S2/c1-31(2,3)40-28-25-17-24(38-20-23-7-6-14-33-23)12-13-26(25)35(27(28)18-32(4,5)30(36)37)19-21-8-10-22(11-9-21)29-34-15-16-39-29/h8-13,15-17,23,33H,6-7,14,18-20H2,1-5H3,(H,36,37). The zero-order valence-electron chi connectivity index (χ0n) is 24.0. The number of rotatable bonds is 10. The number of thiazole rings is 1. The molecule has 1 fully saturated rings. The van der Waals surface area contributed by atoms with Crippen LogP contribution in [0.4, 0.5) is 0 Å². The average molecular weight is 578 g/mol. The number of thioether (sulfide) groups is 1. The highest BCUT2D eigenvalue weighted by atomic mass is 32.2. The van der Waals surface area contributed by atoms with Gasteiger partial charge in [-0.3, -0.25) is 4.79 Å². The van der Waals surface area contributed by atoms with Gasteiger partial charge in [0.25, 0.3) is 0 Å². The first-order valence-corrected chi connectivity index (χ1v) is 15.6. The van der Waals surface area contributed by atoms with Crippen molar-refractivity contribution in [1.29, 1.82) is 0 Å². The van der Waals surface area contributed by atoms with Crippen molar-refractivity contribution in [3.63, 3.8) is 0 Å². The summed E-state index contributed by atoms with van der Waals surface area (Å²) >= 11 is 3.44. The molecule has 1 unspecified atom stereocenters. The third-order valence-corrected chi connectivity index (χ3v) is 9.37. The number of fused-ring (bicyclic) bond motifs is 1. The number of ether oxygens (including phenoxy) is 1. The maximum atomic E-state index is 12.3. The minimum Gasteiger partial charge on any atom is -0.492 e. The van der Waals surface area contributed by atoms with Crippen LogP contribution >= 0.6 is 23.1 Å². The Morgan fingerprint density at radius 2 is 1.95 bits per heavy atom. The summed E-state index contributed by atoms with van der Waals surface area (Å²) in [5.41, 5.74) is 3.50. The third kappa shape index (κ3) is 6.56. The molecular weight excluding hydrogens is 539 g/mol. The van der Waals surface area contributed by atoms with E-state index in [-0.39, 0.29) is 4.75 Å². The van der Waals surface area contributed by atoms with Gasteiger partial charge in [-0.1, -0.05) is 45.0 Å². The largest absolute Gasteiger partial charge is 0.492 e. The second-order valence-corrected chi connectivity index (χ2v) is 15.0. The number of carboxylic acids is 1. The Bertz CT molecular complexity index is 1460. The molecule has 2 N–H and O–H groups in total. The maximum Gasteiger partial charge on any atom is 0.309 e. The number of hydrogen-bond donors (Lipinski definition) is 2. The summed E-state index contributed by atoms with van der Waals surface area (Å²) in [7, 11) is 0. The summed E-state index contributed by atoms with van der Waals surface area (Å²) in [6.45, 7) is 12.6. The number of nitrogens with zero attached hydrogens (tertiary/aromatic N) is 2. The molecule has 0 bridgehead atoms. The molecule has 4 aromatic rings. The summed E-state index contributed by atoms with van der Waals surface area (Å²) in [5.74, 6) is 0.0582. The van der Waals surface area contributed by atoms with Gasteiger partial charge in [-0.05, 0) is 57.0 Å². The Morgan fingerprint density at radius 1 is 1.18 bits per heavy atom. The number of aliphatic carboxylic acids is 1. The molecule has 1 atom stereocenters. The van der Waals surface area contributed by atoms with Crippen LogP contribution in [0.15, 0.2) is 58.9 Å². The molecule has 0 aliphatic carbocycles. The van der Waals surface area contributed by atoms with E-state index >= 15 is 0 Å². The number of aromatic nitrogens is 2. The van der Waals surface area contributed by atoms with E-state index in [1.54, 1.807) is 23.1 Å². The highest BCUT2D eigenvalue weighted by molar-refractivity contribution is 8.00. The second kappa shape index (κ2) is 11.6. The topological polar surface area (TPSA) is 76.4 Å². The Labute approximate surface area is 245 Å². The van der Waals surface area contributed by atoms with Gasteiger partial charge in [0.2, 0.25) is 0 Å². The van der Waals surface area contributed by atoms with Gasteiger partial charge in [0.15, 0.2) is 0 Å². The highest BCUT2D eigenvalue weighted by Gasteiger charge is 2.33. The minimum atomic E-state index is -0.915. The van der Waals surface area contributed by atoms with Gasteiger partial charge in [-0.25, -0.2) is 4.98 Å². The molecule has 2 aromatic heterocycles. The first-order chi connectivity index (χ1) is 19.0. The number of nitrogens with one attached hydrogen (secondary N) is 1. The van der Waals surface area contributed by atoms with Crippen molar-refractivity contribution < 1.29 is 14.6 Å². The normalized spacial score (nSPS) is 16.1. The van der Waals surface area contributed by atoms with Gasteiger partial charge in [-0.2, -0.15) is 0 Å². The molecule has 8 heteroatoms. The molecule has 0 spiro atoms. The van der Waals surface area contributed by atoms with Crippen LogP contribution in [0.25, 0.3) is 21.5 Å². The smallest absolute Gasteiger partial charge is 0.309 e. The Morgan fingerprint density at radius 3 is 2.58 bits per heavy atom. The van der Waals surface area contributed by atoms with Crippen molar-refractivity contribution in [2.75, 3.05) is 13.2 Å².